The lowest BCUT2D eigenvalue weighted by Gasteiger charge is -2.22. The molecule has 0 amide bonds. The van der Waals surface area contributed by atoms with Crippen LogP contribution in [0.2, 0.25) is 0 Å². The van der Waals surface area contributed by atoms with Crippen LogP contribution in [-0.2, 0) is 0 Å². The molecule has 0 bridgehead atoms. The maximum atomic E-state index is 7.78. The highest BCUT2D eigenvalue weighted by molar-refractivity contribution is 6.06. The first-order chi connectivity index (χ1) is 9.24. The van der Waals surface area contributed by atoms with E-state index in [-0.39, 0.29) is 6.10 Å². The second-order valence-corrected chi connectivity index (χ2v) is 4.94. The summed E-state index contributed by atoms with van der Waals surface area (Å²) in [5.41, 5.74) is 3.12. The van der Waals surface area contributed by atoms with Crippen molar-refractivity contribution >= 4 is 16.7 Å². The van der Waals surface area contributed by atoms with Gasteiger partial charge in [0.2, 0.25) is 0 Å². The Balaban J connectivity index is 1.88. The van der Waals surface area contributed by atoms with Gasteiger partial charge in [0.15, 0.2) is 0 Å². The van der Waals surface area contributed by atoms with Gasteiger partial charge in [-0.15, -0.1) is 0 Å². The predicted molar refractivity (Wildman–Crippen MR) is 75.1 cm³/mol. The maximum absolute atomic E-state index is 7.78. The zero-order chi connectivity index (χ0) is 13.2. The summed E-state index contributed by atoms with van der Waals surface area (Å²) in [7, 11) is 0. The number of para-hydroxylation sites is 1. The second kappa shape index (κ2) is 5.01. The highest BCUT2D eigenvalue weighted by Gasteiger charge is 2.17. The number of H-pyrrole nitrogens is 1. The summed E-state index contributed by atoms with van der Waals surface area (Å²) in [6.07, 6.45) is 2.24. The number of nitrogens with zero attached hydrogens (tertiary/aromatic N) is 1. The Morgan fingerprint density at radius 3 is 2.89 bits per heavy atom. The standard InChI is InChI=1S/C14H18N4O/c1-9(15)11-3-2-4-12-13(11)18-14(17-12)19-10-5-7-16-8-6-10/h2-4,10,15-16H,5-8H2,1H3,(H,17,18). The number of rotatable bonds is 3. The van der Waals surface area contributed by atoms with E-state index in [0.717, 1.165) is 42.5 Å². The van der Waals surface area contributed by atoms with E-state index in [0.29, 0.717) is 11.7 Å². The van der Waals surface area contributed by atoms with Crippen molar-refractivity contribution in [3.05, 3.63) is 23.8 Å². The van der Waals surface area contributed by atoms with Crippen LogP contribution in [0.25, 0.3) is 11.0 Å². The molecule has 1 saturated heterocycles. The van der Waals surface area contributed by atoms with Crippen molar-refractivity contribution in [1.29, 1.82) is 5.41 Å². The molecule has 100 valence electrons. The quantitative estimate of drug-likeness (QED) is 0.738. The zero-order valence-electron chi connectivity index (χ0n) is 11.0. The third-order valence-corrected chi connectivity index (χ3v) is 3.46. The van der Waals surface area contributed by atoms with Crippen molar-refractivity contribution in [1.82, 2.24) is 15.3 Å². The van der Waals surface area contributed by atoms with E-state index in [1.807, 2.05) is 18.2 Å². The van der Waals surface area contributed by atoms with Gasteiger partial charge in [-0.05, 0) is 38.9 Å². The van der Waals surface area contributed by atoms with Crippen molar-refractivity contribution in [2.75, 3.05) is 13.1 Å². The monoisotopic (exact) mass is 258 g/mol. The average molecular weight is 258 g/mol. The van der Waals surface area contributed by atoms with Crippen molar-refractivity contribution < 1.29 is 4.74 Å². The number of ether oxygens (including phenoxy) is 1. The Bertz CT molecular complexity index is 599. The molecule has 5 heteroatoms. The Kier molecular flexibility index (Phi) is 3.21. The molecule has 3 rings (SSSR count). The van der Waals surface area contributed by atoms with Crippen LogP contribution < -0.4 is 10.1 Å². The minimum absolute atomic E-state index is 0.228. The van der Waals surface area contributed by atoms with Crippen molar-refractivity contribution in [3.8, 4) is 6.01 Å². The Morgan fingerprint density at radius 1 is 1.37 bits per heavy atom. The SMILES string of the molecule is CC(=N)c1cccc2[nH]c(OC3CCNCC3)nc12. The minimum Gasteiger partial charge on any atom is -0.461 e. The highest BCUT2D eigenvalue weighted by atomic mass is 16.5. The van der Waals surface area contributed by atoms with Crippen LogP contribution in [0.3, 0.4) is 0 Å². The molecule has 19 heavy (non-hydrogen) atoms. The van der Waals surface area contributed by atoms with Gasteiger partial charge in [-0.25, -0.2) is 0 Å². The molecule has 1 fully saturated rings. The molecule has 5 nitrogen and oxygen atoms in total. The van der Waals surface area contributed by atoms with Gasteiger partial charge >= 0.3 is 0 Å². The molecule has 0 spiro atoms. The molecule has 2 aromatic rings. The summed E-state index contributed by atoms with van der Waals surface area (Å²) in [5, 5.41) is 11.1. The number of aromatic nitrogens is 2. The van der Waals surface area contributed by atoms with Gasteiger partial charge in [0.25, 0.3) is 6.01 Å². The van der Waals surface area contributed by atoms with Gasteiger partial charge in [0.1, 0.15) is 11.6 Å². The number of hydrogen-bond acceptors (Lipinski definition) is 4. The van der Waals surface area contributed by atoms with Crippen LogP contribution >= 0.6 is 0 Å². The first-order valence-corrected chi connectivity index (χ1v) is 6.65. The third-order valence-electron chi connectivity index (χ3n) is 3.46. The normalized spacial score (nSPS) is 16.7. The molecule has 3 N–H and O–H groups in total. The third kappa shape index (κ3) is 2.46. The fraction of sp³-hybridized carbons (Fsp3) is 0.429. The van der Waals surface area contributed by atoms with Crippen LogP contribution in [0.1, 0.15) is 25.3 Å². The summed E-state index contributed by atoms with van der Waals surface area (Å²) >= 11 is 0. The topological polar surface area (TPSA) is 73.8 Å². The smallest absolute Gasteiger partial charge is 0.294 e. The molecular formula is C14H18N4O. The van der Waals surface area contributed by atoms with Crippen LogP contribution in [0.5, 0.6) is 6.01 Å². The van der Waals surface area contributed by atoms with Crippen LogP contribution in [0.15, 0.2) is 18.2 Å². The number of benzene rings is 1. The van der Waals surface area contributed by atoms with E-state index in [2.05, 4.69) is 15.3 Å². The molecule has 0 atom stereocenters. The maximum Gasteiger partial charge on any atom is 0.294 e. The van der Waals surface area contributed by atoms with Gasteiger partial charge < -0.3 is 20.4 Å². The molecule has 2 heterocycles. The number of fused-ring (bicyclic) bond motifs is 1. The number of nitrogens with one attached hydrogen (secondary N) is 3. The fourth-order valence-electron chi connectivity index (χ4n) is 2.44. The Labute approximate surface area is 111 Å². The summed E-state index contributed by atoms with van der Waals surface area (Å²) in [5.74, 6) is 0. The number of hydrogen-bond donors (Lipinski definition) is 3. The number of piperidine rings is 1. The molecule has 1 aliphatic rings. The second-order valence-electron chi connectivity index (χ2n) is 4.94. The van der Waals surface area contributed by atoms with Gasteiger partial charge in [0.05, 0.1) is 5.52 Å². The van der Waals surface area contributed by atoms with E-state index in [9.17, 15) is 0 Å². The van der Waals surface area contributed by atoms with E-state index < -0.39 is 0 Å². The van der Waals surface area contributed by atoms with E-state index >= 15 is 0 Å². The molecule has 1 aromatic carbocycles. The summed E-state index contributed by atoms with van der Waals surface area (Å²) in [6.45, 7) is 3.77. The first-order valence-electron chi connectivity index (χ1n) is 6.65. The average Bonchev–Trinajstić information content (AvgIpc) is 2.81. The number of imidazole rings is 1. The van der Waals surface area contributed by atoms with Gasteiger partial charge in [-0.3, -0.25) is 0 Å². The van der Waals surface area contributed by atoms with E-state index in [4.69, 9.17) is 10.1 Å². The van der Waals surface area contributed by atoms with Gasteiger partial charge in [-0.1, -0.05) is 12.1 Å². The molecule has 0 radical (unpaired) electrons. The molecule has 1 aliphatic heterocycles. The molecule has 1 aromatic heterocycles. The summed E-state index contributed by atoms with van der Waals surface area (Å²) in [4.78, 5) is 7.68. The highest BCUT2D eigenvalue weighted by Crippen LogP contribution is 2.22. The molecule has 0 unspecified atom stereocenters. The minimum atomic E-state index is 0.228. The van der Waals surface area contributed by atoms with E-state index in [1.165, 1.54) is 0 Å². The van der Waals surface area contributed by atoms with Crippen molar-refractivity contribution in [2.45, 2.75) is 25.9 Å². The lowest BCUT2D eigenvalue weighted by Crippen LogP contribution is -2.34. The lowest BCUT2D eigenvalue weighted by atomic mass is 10.1. The van der Waals surface area contributed by atoms with Crippen molar-refractivity contribution in [3.63, 3.8) is 0 Å². The summed E-state index contributed by atoms with van der Waals surface area (Å²) < 4.78 is 5.90. The molecule has 0 aliphatic carbocycles. The zero-order valence-corrected chi connectivity index (χ0v) is 11.0. The van der Waals surface area contributed by atoms with Crippen LogP contribution in [0.4, 0.5) is 0 Å². The lowest BCUT2D eigenvalue weighted by molar-refractivity contribution is 0.151. The van der Waals surface area contributed by atoms with Crippen molar-refractivity contribution in [2.24, 2.45) is 0 Å². The first kappa shape index (κ1) is 12.2. The summed E-state index contributed by atoms with van der Waals surface area (Å²) in [6, 6.07) is 6.38. The van der Waals surface area contributed by atoms with E-state index in [1.54, 1.807) is 6.92 Å². The molecular weight excluding hydrogens is 240 g/mol. The predicted octanol–water partition coefficient (Wildman–Crippen LogP) is 2.08. The number of aromatic amines is 1. The van der Waals surface area contributed by atoms with Crippen LogP contribution in [-0.4, -0.2) is 34.9 Å². The van der Waals surface area contributed by atoms with Gasteiger partial charge in [-0.2, -0.15) is 4.98 Å². The Hall–Kier alpha value is -1.88. The fourth-order valence-corrected chi connectivity index (χ4v) is 2.44. The Morgan fingerprint density at radius 2 is 2.16 bits per heavy atom. The van der Waals surface area contributed by atoms with Gasteiger partial charge in [0, 0.05) is 11.3 Å². The largest absolute Gasteiger partial charge is 0.461 e. The molecule has 0 saturated carbocycles. The van der Waals surface area contributed by atoms with Crippen LogP contribution in [0, 0.1) is 5.41 Å².